The Bertz CT molecular complexity index is 466. The second kappa shape index (κ2) is 7.24. The van der Waals surface area contributed by atoms with Gasteiger partial charge in [-0.05, 0) is 23.6 Å². The fraction of sp³-hybridized carbons (Fsp3) is 0.0588. The van der Waals surface area contributed by atoms with Crippen LogP contribution in [0, 0.1) is 6.92 Å². The topological polar surface area (TPSA) is 0 Å². The van der Waals surface area contributed by atoms with E-state index in [4.69, 9.17) is 0 Å². The molecular weight excluding hydrogens is 204 g/mol. The third-order valence-corrected chi connectivity index (χ3v) is 2.44. The zero-order chi connectivity index (χ0) is 12.5. The number of rotatable bonds is 2. The molecule has 17 heavy (non-hydrogen) atoms. The van der Waals surface area contributed by atoms with Crippen molar-refractivity contribution >= 4 is 12.2 Å². The van der Waals surface area contributed by atoms with Gasteiger partial charge in [0, 0.05) is 0 Å². The average molecular weight is 222 g/mol. The molecule has 0 aliphatic heterocycles. The van der Waals surface area contributed by atoms with Crippen LogP contribution in [-0.2, 0) is 0 Å². The molecule has 0 radical (unpaired) electrons. The summed E-state index contributed by atoms with van der Waals surface area (Å²) in [6.45, 7) is 9.40. The predicted octanol–water partition coefficient (Wildman–Crippen LogP) is 4.97. The normalized spacial score (nSPS) is 8.76. The SMILES string of the molecule is C=Cc1ccccc1.C=Cc1ccccc1C. The van der Waals surface area contributed by atoms with Crippen LogP contribution in [0.2, 0.25) is 0 Å². The summed E-state index contributed by atoms with van der Waals surface area (Å²) < 4.78 is 0. The molecule has 0 saturated heterocycles. The summed E-state index contributed by atoms with van der Waals surface area (Å²) in [7, 11) is 0. The van der Waals surface area contributed by atoms with Gasteiger partial charge in [0.25, 0.3) is 0 Å². The second-order valence-corrected chi connectivity index (χ2v) is 3.68. The summed E-state index contributed by atoms with van der Waals surface area (Å²) in [6.07, 6.45) is 3.70. The lowest BCUT2D eigenvalue weighted by Crippen LogP contribution is -1.75. The predicted molar refractivity (Wildman–Crippen MR) is 77.8 cm³/mol. The number of hydrogen-bond acceptors (Lipinski definition) is 0. The van der Waals surface area contributed by atoms with Gasteiger partial charge < -0.3 is 0 Å². The first-order valence-corrected chi connectivity index (χ1v) is 5.63. The van der Waals surface area contributed by atoms with Crippen molar-refractivity contribution < 1.29 is 0 Å². The van der Waals surface area contributed by atoms with Gasteiger partial charge >= 0.3 is 0 Å². The third kappa shape index (κ3) is 4.52. The minimum absolute atomic E-state index is 1.17. The van der Waals surface area contributed by atoms with Crippen LogP contribution in [0.3, 0.4) is 0 Å². The maximum atomic E-state index is 3.69. The maximum absolute atomic E-state index is 3.69. The molecule has 0 aromatic heterocycles. The van der Waals surface area contributed by atoms with Crippen molar-refractivity contribution in [2.75, 3.05) is 0 Å². The largest absolute Gasteiger partial charge is 0.0985 e. The van der Waals surface area contributed by atoms with Crippen LogP contribution in [0.1, 0.15) is 16.7 Å². The van der Waals surface area contributed by atoms with Gasteiger partial charge in [-0.1, -0.05) is 79.9 Å². The molecule has 0 heteroatoms. The lowest BCUT2D eigenvalue weighted by molar-refractivity contribution is 1.45. The van der Waals surface area contributed by atoms with E-state index >= 15 is 0 Å². The van der Waals surface area contributed by atoms with E-state index in [1.807, 2.05) is 54.6 Å². The van der Waals surface area contributed by atoms with Gasteiger partial charge in [0.05, 0.1) is 0 Å². The van der Waals surface area contributed by atoms with Crippen molar-refractivity contribution in [1.29, 1.82) is 0 Å². The van der Waals surface area contributed by atoms with Crippen LogP contribution >= 0.6 is 0 Å². The third-order valence-electron chi connectivity index (χ3n) is 2.44. The van der Waals surface area contributed by atoms with E-state index in [2.05, 4.69) is 32.2 Å². The van der Waals surface area contributed by atoms with Crippen LogP contribution in [0.5, 0.6) is 0 Å². The Morgan fingerprint density at radius 2 is 1.35 bits per heavy atom. The lowest BCUT2D eigenvalue weighted by atomic mass is 10.1. The van der Waals surface area contributed by atoms with E-state index in [0.717, 1.165) is 0 Å². The molecule has 0 saturated carbocycles. The molecule has 2 aromatic rings. The minimum atomic E-state index is 1.17. The summed E-state index contributed by atoms with van der Waals surface area (Å²) in [6, 6.07) is 18.2. The van der Waals surface area contributed by atoms with Crippen molar-refractivity contribution in [3.63, 3.8) is 0 Å². The Labute approximate surface area is 104 Å². The standard InChI is InChI=1S/C9H10.C8H8/c1-3-9-7-5-4-6-8(9)2;1-2-8-6-4-3-5-7-8/h3-7H,1H2,2H3;2-7H,1H2. The minimum Gasteiger partial charge on any atom is -0.0985 e. The van der Waals surface area contributed by atoms with E-state index in [-0.39, 0.29) is 0 Å². The van der Waals surface area contributed by atoms with Gasteiger partial charge in [0.1, 0.15) is 0 Å². The quantitative estimate of drug-likeness (QED) is 0.673. The van der Waals surface area contributed by atoms with Gasteiger partial charge in [-0.3, -0.25) is 0 Å². The number of hydrogen-bond donors (Lipinski definition) is 0. The van der Waals surface area contributed by atoms with E-state index in [1.54, 1.807) is 0 Å². The van der Waals surface area contributed by atoms with Crippen molar-refractivity contribution in [1.82, 2.24) is 0 Å². The fourth-order valence-electron chi connectivity index (χ4n) is 1.40. The Kier molecular flexibility index (Phi) is 5.53. The molecule has 0 nitrogen and oxygen atoms in total. The Balaban J connectivity index is 0.000000171. The average Bonchev–Trinajstić information content (AvgIpc) is 2.41. The van der Waals surface area contributed by atoms with Crippen LogP contribution in [0.4, 0.5) is 0 Å². The highest BCUT2D eigenvalue weighted by molar-refractivity contribution is 5.50. The molecule has 0 aliphatic carbocycles. The zero-order valence-electron chi connectivity index (χ0n) is 10.3. The van der Waals surface area contributed by atoms with Crippen LogP contribution < -0.4 is 0 Å². The maximum Gasteiger partial charge on any atom is -0.0233 e. The van der Waals surface area contributed by atoms with Gasteiger partial charge in [0.2, 0.25) is 0 Å². The highest BCUT2D eigenvalue weighted by atomic mass is 13.9. The molecular formula is C17H18. The molecule has 2 rings (SSSR count). The highest BCUT2D eigenvalue weighted by Crippen LogP contribution is 2.06. The first-order valence-electron chi connectivity index (χ1n) is 5.63. The molecule has 0 spiro atoms. The molecule has 0 atom stereocenters. The van der Waals surface area contributed by atoms with Gasteiger partial charge in [-0.25, -0.2) is 0 Å². The molecule has 0 aliphatic rings. The van der Waals surface area contributed by atoms with Crippen molar-refractivity contribution in [2.45, 2.75) is 6.92 Å². The Morgan fingerprint density at radius 3 is 1.76 bits per heavy atom. The molecule has 0 unspecified atom stereocenters. The summed E-state index contributed by atoms with van der Waals surface area (Å²) in [4.78, 5) is 0. The van der Waals surface area contributed by atoms with Gasteiger partial charge in [-0.2, -0.15) is 0 Å². The lowest BCUT2D eigenvalue weighted by Gasteiger charge is -1.95. The second-order valence-electron chi connectivity index (χ2n) is 3.68. The molecule has 0 amide bonds. The van der Waals surface area contributed by atoms with E-state index in [9.17, 15) is 0 Å². The Morgan fingerprint density at radius 1 is 0.765 bits per heavy atom. The highest BCUT2D eigenvalue weighted by Gasteiger charge is 1.86. The van der Waals surface area contributed by atoms with E-state index in [0.29, 0.717) is 0 Å². The van der Waals surface area contributed by atoms with Crippen LogP contribution in [0.25, 0.3) is 12.2 Å². The number of aryl methyl sites for hydroxylation is 1. The molecule has 2 aromatic carbocycles. The van der Waals surface area contributed by atoms with Crippen LogP contribution in [0.15, 0.2) is 67.8 Å². The van der Waals surface area contributed by atoms with Crippen LogP contribution in [-0.4, -0.2) is 0 Å². The monoisotopic (exact) mass is 222 g/mol. The van der Waals surface area contributed by atoms with E-state index < -0.39 is 0 Å². The zero-order valence-corrected chi connectivity index (χ0v) is 10.3. The Hall–Kier alpha value is -2.08. The van der Waals surface area contributed by atoms with Crippen molar-refractivity contribution in [3.8, 4) is 0 Å². The molecule has 0 heterocycles. The van der Waals surface area contributed by atoms with Crippen molar-refractivity contribution in [3.05, 3.63) is 84.4 Å². The summed E-state index contributed by atoms with van der Waals surface area (Å²) in [5.41, 5.74) is 3.68. The van der Waals surface area contributed by atoms with Gasteiger partial charge in [-0.15, -0.1) is 0 Å². The molecule has 0 bridgehead atoms. The molecule has 0 fully saturated rings. The molecule has 86 valence electrons. The van der Waals surface area contributed by atoms with E-state index in [1.165, 1.54) is 16.7 Å². The summed E-state index contributed by atoms with van der Waals surface area (Å²) >= 11 is 0. The fourth-order valence-corrected chi connectivity index (χ4v) is 1.40. The molecule has 0 N–H and O–H groups in total. The first-order chi connectivity index (χ1) is 8.27. The first kappa shape index (κ1) is 13.0. The van der Waals surface area contributed by atoms with Gasteiger partial charge in [0.15, 0.2) is 0 Å². The van der Waals surface area contributed by atoms with Crippen molar-refractivity contribution in [2.24, 2.45) is 0 Å². The smallest absolute Gasteiger partial charge is 0.0233 e. The number of benzene rings is 2. The summed E-state index contributed by atoms with van der Waals surface area (Å²) in [5.74, 6) is 0. The summed E-state index contributed by atoms with van der Waals surface area (Å²) in [5, 5.41) is 0.